The number of rotatable bonds is 4. The van der Waals surface area contributed by atoms with Crippen molar-refractivity contribution >= 4 is 29.2 Å². The minimum absolute atomic E-state index is 0.0471. The molecule has 0 fully saturated rings. The van der Waals surface area contributed by atoms with Gasteiger partial charge in [0, 0.05) is 6.07 Å². The lowest BCUT2D eigenvalue weighted by Crippen LogP contribution is -2.43. The van der Waals surface area contributed by atoms with Gasteiger partial charge in [-0.2, -0.15) is 0 Å². The molecule has 0 aliphatic carbocycles. The van der Waals surface area contributed by atoms with Crippen LogP contribution in [0.2, 0.25) is 5.02 Å². The maximum Gasteiger partial charge on any atom is 0.332 e. The molecular weight excluding hydrogens is 282 g/mol. The molecule has 1 unspecified atom stereocenters. The summed E-state index contributed by atoms with van der Waals surface area (Å²) >= 11 is 5.57. The van der Waals surface area contributed by atoms with E-state index in [1.54, 1.807) is 6.92 Å². The zero-order chi connectivity index (χ0) is 14.6. The zero-order valence-corrected chi connectivity index (χ0v) is 10.6. The van der Waals surface area contributed by atoms with Crippen LogP contribution in [-0.2, 0) is 14.3 Å². The molecule has 104 valence electrons. The van der Waals surface area contributed by atoms with E-state index in [2.05, 4.69) is 4.74 Å². The molecule has 0 radical (unpaired) electrons. The first-order chi connectivity index (χ1) is 8.86. The number of nitrogens with one attached hydrogen (secondary N) is 1. The number of amides is 1. The number of halogens is 3. The monoisotopic (exact) mass is 292 g/mol. The second-order valence-corrected chi connectivity index (χ2v) is 3.87. The van der Waals surface area contributed by atoms with Gasteiger partial charge in [0.2, 0.25) is 0 Å². The van der Waals surface area contributed by atoms with Crippen LogP contribution in [0.4, 0.5) is 14.5 Å². The van der Waals surface area contributed by atoms with Crippen molar-refractivity contribution in [1.29, 1.82) is 0 Å². The molecule has 1 atom stereocenters. The number of ether oxygens (including phenoxy) is 1. The van der Waals surface area contributed by atoms with Crippen LogP contribution in [-0.4, -0.2) is 24.5 Å². The Morgan fingerprint density at radius 2 is 2.11 bits per heavy atom. The van der Waals surface area contributed by atoms with Gasteiger partial charge in [0.05, 0.1) is 17.3 Å². The minimum atomic E-state index is -1.62. The van der Waals surface area contributed by atoms with E-state index in [4.69, 9.17) is 17.3 Å². The molecule has 1 amide bonds. The van der Waals surface area contributed by atoms with Crippen LogP contribution >= 0.6 is 11.6 Å². The number of nitrogens with two attached hydrogens (primary N) is 1. The molecule has 19 heavy (non-hydrogen) atoms. The fourth-order valence-electron chi connectivity index (χ4n) is 1.20. The molecular formula is C11H11ClF2N2O3. The molecule has 0 aliphatic heterocycles. The molecule has 0 saturated heterocycles. The molecule has 0 bridgehead atoms. The first-order valence-corrected chi connectivity index (χ1v) is 5.62. The summed E-state index contributed by atoms with van der Waals surface area (Å²) in [5.74, 6) is -3.94. The molecule has 1 aromatic rings. The first-order valence-electron chi connectivity index (χ1n) is 5.24. The predicted octanol–water partition coefficient (Wildman–Crippen LogP) is 1.45. The van der Waals surface area contributed by atoms with Gasteiger partial charge in [0.15, 0.2) is 11.9 Å². The highest BCUT2D eigenvalue weighted by Crippen LogP contribution is 2.26. The number of benzene rings is 1. The Kier molecular flexibility index (Phi) is 5.20. The third kappa shape index (κ3) is 3.87. The lowest BCUT2D eigenvalue weighted by atomic mass is 10.2. The van der Waals surface area contributed by atoms with E-state index in [0.717, 1.165) is 6.07 Å². The first kappa shape index (κ1) is 15.3. The van der Waals surface area contributed by atoms with Crippen molar-refractivity contribution in [3.05, 3.63) is 28.8 Å². The van der Waals surface area contributed by atoms with Crippen molar-refractivity contribution in [3.63, 3.8) is 0 Å². The number of hydrogen-bond acceptors (Lipinski definition) is 4. The average Bonchev–Trinajstić information content (AvgIpc) is 2.32. The molecule has 8 heteroatoms. The number of anilines is 1. The van der Waals surface area contributed by atoms with Crippen LogP contribution in [0, 0.1) is 11.6 Å². The number of hydrogen-bond donors (Lipinski definition) is 2. The van der Waals surface area contributed by atoms with Crippen molar-refractivity contribution in [2.24, 2.45) is 5.73 Å². The van der Waals surface area contributed by atoms with E-state index < -0.39 is 35.2 Å². The van der Waals surface area contributed by atoms with Crippen LogP contribution < -0.4 is 11.1 Å². The molecule has 0 aromatic heterocycles. The summed E-state index contributed by atoms with van der Waals surface area (Å²) in [6.07, 6.45) is 0. The van der Waals surface area contributed by atoms with Crippen LogP contribution in [0.3, 0.4) is 0 Å². The quantitative estimate of drug-likeness (QED) is 0.650. The van der Waals surface area contributed by atoms with Crippen molar-refractivity contribution < 1.29 is 23.1 Å². The Labute approximate surface area is 112 Å². The molecule has 0 aliphatic rings. The van der Waals surface area contributed by atoms with E-state index in [1.807, 2.05) is 5.32 Å². The number of carbonyl (C=O) groups is 2. The fraction of sp³-hybridized carbons (Fsp3) is 0.273. The van der Waals surface area contributed by atoms with Gasteiger partial charge in [-0.3, -0.25) is 4.79 Å². The highest BCUT2D eigenvalue weighted by atomic mass is 35.5. The summed E-state index contributed by atoms with van der Waals surface area (Å²) in [5.41, 5.74) is 4.85. The zero-order valence-electron chi connectivity index (χ0n) is 9.88. The lowest BCUT2D eigenvalue weighted by Gasteiger charge is -2.12. The molecule has 0 spiro atoms. The second kappa shape index (κ2) is 6.44. The van der Waals surface area contributed by atoms with E-state index in [-0.39, 0.29) is 11.6 Å². The summed E-state index contributed by atoms with van der Waals surface area (Å²) < 4.78 is 30.7. The topological polar surface area (TPSA) is 81.4 Å². The normalized spacial score (nSPS) is 11.8. The average molecular weight is 293 g/mol. The second-order valence-electron chi connectivity index (χ2n) is 3.46. The summed E-state index contributed by atoms with van der Waals surface area (Å²) in [6, 6.07) is -0.270. The maximum atomic E-state index is 13.4. The molecule has 1 aromatic carbocycles. The van der Waals surface area contributed by atoms with Gasteiger partial charge in [0.25, 0.3) is 5.91 Å². The van der Waals surface area contributed by atoms with E-state index in [0.29, 0.717) is 6.07 Å². The maximum absolute atomic E-state index is 13.4. The van der Waals surface area contributed by atoms with Gasteiger partial charge in [-0.1, -0.05) is 11.6 Å². The fourth-order valence-corrected chi connectivity index (χ4v) is 1.44. The van der Waals surface area contributed by atoms with Crippen LogP contribution in [0.1, 0.15) is 6.92 Å². The number of carbonyl (C=O) groups excluding carboxylic acids is 2. The Morgan fingerprint density at radius 3 is 2.63 bits per heavy atom. The summed E-state index contributed by atoms with van der Waals surface area (Å²) in [4.78, 5) is 22.8. The van der Waals surface area contributed by atoms with Gasteiger partial charge >= 0.3 is 5.97 Å². The van der Waals surface area contributed by atoms with Gasteiger partial charge < -0.3 is 15.8 Å². The minimum Gasteiger partial charge on any atom is -0.464 e. The summed E-state index contributed by atoms with van der Waals surface area (Å²) in [5, 5.41) is 1.66. The number of esters is 1. The Hall–Kier alpha value is -1.73. The molecule has 1 rings (SSSR count). The Morgan fingerprint density at radius 1 is 1.47 bits per heavy atom. The third-order valence-electron chi connectivity index (χ3n) is 2.08. The standard InChI is InChI=1S/C11H11ClF2N2O3/c1-2-19-11(18)8(15)10(17)16-9-6(12)3-5(13)4-7(9)14/h3-4,8H,2,15H2,1H3,(H,16,17). The van der Waals surface area contributed by atoms with E-state index >= 15 is 0 Å². The van der Waals surface area contributed by atoms with Crippen LogP contribution in [0.15, 0.2) is 12.1 Å². The van der Waals surface area contributed by atoms with Gasteiger partial charge in [0.1, 0.15) is 5.82 Å². The Balaban J connectivity index is 2.86. The van der Waals surface area contributed by atoms with Crippen molar-refractivity contribution in [2.75, 3.05) is 11.9 Å². The van der Waals surface area contributed by atoms with Crippen LogP contribution in [0.5, 0.6) is 0 Å². The lowest BCUT2D eigenvalue weighted by molar-refractivity contribution is -0.146. The van der Waals surface area contributed by atoms with Crippen molar-refractivity contribution in [1.82, 2.24) is 0 Å². The van der Waals surface area contributed by atoms with Gasteiger partial charge in [-0.25, -0.2) is 13.6 Å². The molecule has 0 heterocycles. The van der Waals surface area contributed by atoms with Crippen molar-refractivity contribution in [3.8, 4) is 0 Å². The van der Waals surface area contributed by atoms with Gasteiger partial charge in [-0.05, 0) is 13.0 Å². The Bertz CT molecular complexity index is 488. The van der Waals surface area contributed by atoms with E-state index in [1.165, 1.54) is 0 Å². The van der Waals surface area contributed by atoms with Crippen molar-refractivity contribution in [2.45, 2.75) is 13.0 Å². The highest BCUT2D eigenvalue weighted by molar-refractivity contribution is 6.34. The summed E-state index contributed by atoms with van der Waals surface area (Å²) in [7, 11) is 0. The third-order valence-corrected chi connectivity index (χ3v) is 2.38. The van der Waals surface area contributed by atoms with E-state index in [9.17, 15) is 18.4 Å². The SMILES string of the molecule is CCOC(=O)C(N)C(=O)Nc1c(F)cc(F)cc1Cl. The smallest absolute Gasteiger partial charge is 0.332 e. The highest BCUT2D eigenvalue weighted by Gasteiger charge is 2.25. The largest absolute Gasteiger partial charge is 0.464 e. The molecule has 5 nitrogen and oxygen atoms in total. The summed E-state index contributed by atoms with van der Waals surface area (Å²) in [6.45, 7) is 1.59. The molecule has 0 saturated carbocycles. The molecule has 3 N–H and O–H groups in total. The predicted molar refractivity (Wildman–Crippen MR) is 64.6 cm³/mol. The van der Waals surface area contributed by atoms with Crippen LogP contribution in [0.25, 0.3) is 0 Å². The van der Waals surface area contributed by atoms with Gasteiger partial charge in [-0.15, -0.1) is 0 Å².